The second-order valence-electron chi connectivity index (χ2n) is 2.59. The van der Waals surface area contributed by atoms with Crippen LogP contribution in [0.25, 0.3) is 0 Å². The standard InChI is InChI=1S/C9H13NOS/c1-7-6-8(12-5-4-11)2-3-9(7)10/h2-3,6,11H,4-5,10H2,1H3. The predicted molar refractivity (Wildman–Crippen MR) is 53.4 cm³/mol. The van der Waals surface area contributed by atoms with E-state index >= 15 is 0 Å². The molecule has 0 radical (unpaired) electrons. The Balaban J connectivity index is 2.69. The van der Waals surface area contributed by atoms with Crippen LogP contribution >= 0.6 is 11.8 Å². The maximum atomic E-state index is 8.61. The molecule has 1 aromatic rings. The van der Waals surface area contributed by atoms with Crippen LogP contribution in [0, 0.1) is 6.92 Å². The van der Waals surface area contributed by atoms with E-state index in [4.69, 9.17) is 10.8 Å². The Kier molecular flexibility index (Phi) is 3.44. The number of aryl methyl sites for hydroxylation is 1. The fourth-order valence-corrected chi connectivity index (χ4v) is 1.65. The van der Waals surface area contributed by atoms with E-state index in [0.29, 0.717) is 0 Å². The van der Waals surface area contributed by atoms with Crippen LogP contribution in [0.15, 0.2) is 23.1 Å². The molecule has 0 unspecified atom stereocenters. The predicted octanol–water partition coefficient (Wildman–Crippen LogP) is 1.66. The van der Waals surface area contributed by atoms with E-state index in [0.717, 1.165) is 21.9 Å². The van der Waals surface area contributed by atoms with Gasteiger partial charge in [-0.15, -0.1) is 11.8 Å². The molecule has 3 N–H and O–H groups in total. The van der Waals surface area contributed by atoms with E-state index < -0.39 is 0 Å². The number of hydrogen-bond donors (Lipinski definition) is 2. The van der Waals surface area contributed by atoms with Crippen LogP contribution in [-0.4, -0.2) is 17.5 Å². The highest BCUT2D eigenvalue weighted by Gasteiger charge is 1.96. The van der Waals surface area contributed by atoms with Gasteiger partial charge >= 0.3 is 0 Å². The highest BCUT2D eigenvalue weighted by Crippen LogP contribution is 2.21. The zero-order valence-electron chi connectivity index (χ0n) is 7.08. The summed E-state index contributed by atoms with van der Waals surface area (Å²) < 4.78 is 0. The molecular weight excluding hydrogens is 170 g/mol. The van der Waals surface area contributed by atoms with Crippen molar-refractivity contribution < 1.29 is 5.11 Å². The maximum Gasteiger partial charge on any atom is 0.0525 e. The third-order valence-electron chi connectivity index (χ3n) is 1.60. The van der Waals surface area contributed by atoms with Crippen molar-refractivity contribution in [2.75, 3.05) is 18.1 Å². The first-order valence-corrected chi connectivity index (χ1v) is 4.82. The highest BCUT2D eigenvalue weighted by molar-refractivity contribution is 7.99. The number of aliphatic hydroxyl groups is 1. The second kappa shape index (κ2) is 4.38. The number of aliphatic hydroxyl groups excluding tert-OH is 1. The Labute approximate surface area is 76.8 Å². The summed E-state index contributed by atoms with van der Waals surface area (Å²) in [6, 6.07) is 5.91. The molecule has 0 heterocycles. The molecule has 0 bridgehead atoms. The fourth-order valence-electron chi connectivity index (χ4n) is 0.901. The van der Waals surface area contributed by atoms with Gasteiger partial charge in [-0.25, -0.2) is 0 Å². The number of rotatable bonds is 3. The second-order valence-corrected chi connectivity index (χ2v) is 3.76. The van der Waals surface area contributed by atoms with E-state index in [-0.39, 0.29) is 6.61 Å². The molecule has 0 aromatic heterocycles. The molecule has 12 heavy (non-hydrogen) atoms. The van der Waals surface area contributed by atoms with Crippen LogP contribution in [0.3, 0.4) is 0 Å². The van der Waals surface area contributed by atoms with Crippen molar-refractivity contribution in [2.24, 2.45) is 0 Å². The molecule has 1 aromatic carbocycles. The summed E-state index contributed by atoms with van der Waals surface area (Å²) in [6.07, 6.45) is 0. The molecule has 0 atom stereocenters. The van der Waals surface area contributed by atoms with E-state index in [2.05, 4.69) is 0 Å². The van der Waals surface area contributed by atoms with Crippen molar-refractivity contribution in [2.45, 2.75) is 11.8 Å². The SMILES string of the molecule is Cc1cc(SCCO)ccc1N. The van der Waals surface area contributed by atoms with E-state index in [1.807, 2.05) is 25.1 Å². The molecule has 1 rings (SSSR count). The normalized spacial score (nSPS) is 10.2. The lowest BCUT2D eigenvalue weighted by molar-refractivity contribution is 0.322. The highest BCUT2D eigenvalue weighted by atomic mass is 32.2. The zero-order valence-corrected chi connectivity index (χ0v) is 7.90. The van der Waals surface area contributed by atoms with Crippen LogP contribution in [-0.2, 0) is 0 Å². The molecule has 0 aliphatic carbocycles. The van der Waals surface area contributed by atoms with E-state index in [1.165, 1.54) is 0 Å². The summed E-state index contributed by atoms with van der Waals surface area (Å²) >= 11 is 1.64. The minimum Gasteiger partial charge on any atom is -0.399 e. The molecule has 2 nitrogen and oxygen atoms in total. The van der Waals surface area contributed by atoms with Crippen LogP contribution in [0.2, 0.25) is 0 Å². The van der Waals surface area contributed by atoms with Crippen molar-refractivity contribution >= 4 is 17.4 Å². The number of anilines is 1. The van der Waals surface area contributed by atoms with Gasteiger partial charge in [0.25, 0.3) is 0 Å². The smallest absolute Gasteiger partial charge is 0.0525 e. The summed E-state index contributed by atoms with van der Waals surface area (Å²) in [4.78, 5) is 1.16. The molecule has 0 saturated heterocycles. The van der Waals surface area contributed by atoms with Gasteiger partial charge in [0.15, 0.2) is 0 Å². The van der Waals surface area contributed by atoms with Crippen molar-refractivity contribution in [1.29, 1.82) is 0 Å². The number of thioether (sulfide) groups is 1. The third kappa shape index (κ3) is 2.43. The quantitative estimate of drug-likeness (QED) is 0.553. The fraction of sp³-hybridized carbons (Fsp3) is 0.333. The largest absolute Gasteiger partial charge is 0.399 e. The Morgan fingerprint density at radius 2 is 2.25 bits per heavy atom. The minimum atomic E-state index is 0.216. The summed E-state index contributed by atoms with van der Waals surface area (Å²) in [5, 5.41) is 8.61. The van der Waals surface area contributed by atoms with Gasteiger partial charge in [0.05, 0.1) is 6.61 Å². The van der Waals surface area contributed by atoms with Gasteiger partial charge < -0.3 is 10.8 Å². The minimum absolute atomic E-state index is 0.216. The molecule has 3 heteroatoms. The summed E-state index contributed by atoms with van der Waals surface area (Å²) in [5.74, 6) is 0.739. The van der Waals surface area contributed by atoms with E-state index in [9.17, 15) is 0 Å². The molecule has 0 aliphatic heterocycles. The Hall–Kier alpha value is -0.670. The van der Waals surface area contributed by atoms with Gasteiger partial charge in [0.1, 0.15) is 0 Å². The van der Waals surface area contributed by atoms with Crippen LogP contribution in [0.4, 0.5) is 5.69 Å². The average molecular weight is 183 g/mol. The van der Waals surface area contributed by atoms with Crippen molar-refractivity contribution in [3.05, 3.63) is 23.8 Å². The van der Waals surface area contributed by atoms with Gasteiger partial charge in [0.2, 0.25) is 0 Å². The van der Waals surface area contributed by atoms with Crippen molar-refractivity contribution in [3.63, 3.8) is 0 Å². The Morgan fingerprint density at radius 1 is 1.50 bits per heavy atom. The first kappa shape index (κ1) is 9.42. The Morgan fingerprint density at radius 3 is 2.83 bits per heavy atom. The molecule has 0 fully saturated rings. The van der Waals surface area contributed by atoms with Gasteiger partial charge in [-0.1, -0.05) is 0 Å². The Bertz CT molecular complexity index is 263. The molecule has 0 spiro atoms. The summed E-state index contributed by atoms with van der Waals surface area (Å²) in [7, 11) is 0. The first-order chi connectivity index (χ1) is 5.74. The van der Waals surface area contributed by atoms with Crippen LogP contribution in [0.5, 0.6) is 0 Å². The monoisotopic (exact) mass is 183 g/mol. The van der Waals surface area contributed by atoms with Gasteiger partial charge in [-0.3, -0.25) is 0 Å². The number of nitrogens with two attached hydrogens (primary N) is 1. The summed E-state index contributed by atoms with van der Waals surface area (Å²) in [6.45, 7) is 2.20. The zero-order chi connectivity index (χ0) is 8.97. The third-order valence-corrected chi connectivity index (χ3v) is 2.58. The van der Waals surface area contributed by atoms with Gasteiger partial charge in [-0.2, -0.15) is 0 Å². The van der Waals surface area contributed by atoms with Crippen molar-refractivity contribution in [1.82, 2.24) is 0 Å². The summed E-state index contributed by atoms with van der Waals surface area (Å²) in [5.41, 5.74) is 7.58. The molecule has 0 aliphatic rings. The van der Waals surface area contributed by atoms with E-state index in [1.54, 1.807) is 11.8 Å². The molecular formula is C9H13NOS. The molecule has 0 amide bonds. The lowest BCUT2D eigenvalue weighted by Gasteiger charge is -2.03. The molecule has 0 saturated carbocycles. The van der Waals surface area contributed by atoms with Gasteiger partial charge in [0, 0.05) is 16.3 Å². The van der Waals surface area contributed by atoms with Crippen LogP contribution < -0.4 is 5.73 Å². The van der Waals surface area contributed by atoms with Gasteiger partial charge in [-0.05, 0) is 30.7 Å². The maximum absolute atomic E-state index is 8.61. The van der Waals surface area contributed by atoms with Crippen molar-refractivity contribution in [3.8, 4) is 0 Å². The first-order valence-electron chi connectivity index (χ1n) is 3.84. The lowest BCUT2D eigenvalue weighted by Crippen LogP contribution is -1.90. The number of benzene rings is 1. The lowest BCUT2D eigenvalue weighted by atomic mass is 10.2. The van der Waals surface area contributed by atoms with Crippen LogP contribution in [0.1, 0.15) is 5.56 Å². The number of nitrogen functional groups attached to an aromatic ring is 1. The molecule has 66 valence electrons. The number of hydrogen-bond acceptors (Lipinski definition) is 3. The average Bonchev–Trinajstić information content (AvgIpc) is 2.07. The topological polar surface area (TPSA) is 46.2 Å².